The second-order valence-electron chi connectivity index (χ2n) is 3.75. The highest BCUT2D eigenvalue weighted by Gasteiger charge is 2.05. The predicted octanol–water partition coefficient (Wildman–Crippen LogP) is 3.47. The zero-order valence-corrected chi connectivity index (χ0v) is 10.4. The molecule has 0 heterocycles. The second-order valence-corrected chi connectivity index (χ2v) is 4.16. The maximum Gasteiger partial charge on any atom is 0.119 e. The number of hydrogen-bond donors (Lipinski definition) is 1. The molecule has 0 radical (unpaired) electrons. The molecule has 0 fully saturated rings. The highest BCUT2D eigenvalue weighted by Crippen LogP contribution is 2.30. The highest BCUT2D eigenvalue weighted by molar-refractivity contribution is 6.33. The van der Waals surface area contributed by atoms with Crippen LogP contribution in [0.5, 0.6) is 5.75 Å². The summed E-state index contributed by atoms with van der Waals surface area (Å²) < 4.78 is 5.20. The Balaban J connectivity index is 2.45. The molecular weight excluding hydrogens is 234 g/mol. The van der Waals surface area contributed by atoms with Crippen LogP contribution in [0.3, 0.4) is 0 Å². The summed E-state index contributed by atoms with van der Waals surface area (Å²) in [6.45, 7) is 0.498. The lowest BCUT2D eigenvalue weighted by Gasteiger charge is -2.08. The summed E-state index contributed by atoms with van der Waals surface area (Å²) in [5, 5.41) is 0.709. The van der Waals surface area contributed by atoms with Crippen molar-refractivity contribution < 1.29 is 4.74 Å². The average Bonchev–Trinajstić information content (AvgIpc) is 2.38. The number of methoxy groups -OCH3 is 1. The van der Waals surface area contributed by atoms with Crippen LogP contribution in [0.1, 0.15) is 5.56 Å². The van der Waals surface area contributed by atoms with Crippen LogP contribution in [-0.2, 0) is 6.54 Å². The summed E-state index contributed by atoms with van der Waals surface area (Å²) in [5.74, 6) is 0.821. The van der Waals surface area contributed by atoms with Crippen LogP contribution in [0.2, 0.25) is 5.02 Å². The van der Waals surface area contributed by atoms with E-state index in [1.807, 2.05) is 42.5 Å². The first-order chi connectivity index (χ1) is 8.24. The van der Waals surface area contributed by atoms with E-state index in [1.54, 1.807) is 7.11 Å². The van der Waals surface area contributed by atoms with Gasteiger partial charge in [0.2, 0.25) is 0 Å². The zero-order valence-electron chi connectivity index (χ0n) is 9.61. The van der Waals surface area contributed by atoms with Gasteiger partial charge in [0.15, 0.2) is 0 Å². The van der Waals surface area contributed by atoms with Gasteiger partial charge in [-0.2, -0.15) is 0 Å². The van der Waals surface area contributed by atoms with Crippen molar-refractivity contribution in [1.29, 1.82) is 0 Å². The molecule has 0 aliphatic heterocycles. The van der Waals surface area contributed by atoms with Crippen LogP contribution in [0.25, 0.3) is 11.1 Å². The summed E-state index contributed by atoms with van der Waals surface area (Å²) in [6.07, 6.45) is 0. The molecule has 2 aromatic rings. The van der Waals surface area contributed by atoms with E-state index in [1.165, 1.54) is 0 Å². The molecule has 88 valence electrons. The Labute approximate surface area is 106 Å². The Kier molecular flexibility index (Phi) is 3.67. The fraction of sp³-hybridized carbons (Fsp3) is 0.143. The predicted molar refractivity (Wildman–Crippen MR) is 71.3 cm³/mol. The van der Waals surface area contributed by atoms with Gasteiger partial charge in [-0.25, -0.2) is 0 Å². The van der Waals surface area contributed by atoms with E-state index in [0.717, 1.165) is 22.4 Å². The molecule has 0 aromatic heterocycles. The Bertz CT molecular complexity index is 525. The van der Waals surface area contributed by atoms with E-state index in [9.17, 15) is 0 Å². The van der Waals surface area contributed by atoms with Crippen LogP contribution < -0.4 is 10.5 Å². The fourth-order valence-electron chi connectivity index (χ4n) is 1.71. The molecule has 0 bridgehead atoms. The van der Waals surface area contributed by atoms with Gasteiger partial charge >= 0.3 is 0 Å². The number of benzene rings is 2. The summed E-state index contributed by atoms with van der Waals surface area (Å²) in [7, 11) is 1.65. The molecule has 0 saturated carbocycles. The van der Waals surface area contributed by atoms with Gasteiger partial charge in [0.1, 0.15) is 5.75 Å². The molecule has 2 aromatic carbocycles. The monoisotopic (exact) mass is 247 g/mol. The van der Waals surface area contributed by atoms with Gasteiger partial charge in [0, 0.05) is 17.1 Å². The normalized spacial score (nSPS) is 10.3. The Morgan fingerprint density at radius 1 is 1.18 bits per heavy atom. The topological polar surface area (TPSA) is 35.2 Å². The van der Waals surface area contributed by atoms with Crippen LogP contribution in [-0.4, -0.2) is 7.11 Å². The van der Waals surface area contributed by atoms with Crippen molar-refractivity contribution in [3.63, 3.8) is 0 Å². The van der Waals surface area contributed by atoms with E-state index in [2.05, 4.69) is 0 Å². The van der Waals surface area contributed by atoms with Crippen LogP contribution >= 0.6 is 11.6 Å². The van der Waals surface area contributed by atoms with E-state index in [4.69, 9.17) is 22.1 Å². The number of ether oxygens (including phenoxy) is 1. The molecule has 0 unspecified atom stereocenters. The van der Waals surface area contributed by atoms with Crippen molar-refractivity contribution in [3.05, 3.63) is 53.1 Å². The van der Waals surface area contributed by atoms with E-state index < -0.39 is 0 Å². The van der Waals surface area contributed by atoms with Crippen molar-refractivity contribution in [2.24, 2.45) is 5.73 Å². The van der Waals surface area contributed by atoms with E-state index >= 15 is 0 Å². The molecule has 3 heteroatoms. The maximum atomic E-state index is 6.24. The third-order valence-electron chi connectivity index (χ3n) is 2.65. The van der Waals surface area contributed by atoms with Gasteiger partial charge in [-0.3, -0.25) is 0 Å². The molecule has 0 amide bonds. The molecule has 0 atom stereocenters. The minimum Gasteiger partial charge on any atom is -0.497 e. The molecule has 2 N–H and O–H groups in total. The van der Waals surface area contributed by atoms with Crippen LogP contribution in [0, 0.1) is 0 Å². The minimum atomic E-state index is 0.498. The van der Waals surface area contributed by atoms with Gasteiger partial charge in [0.05, 0.1) is 7.11 Å². The fourth-order valence-corrected chi connectivity index (χ4v) is 2.02. The average molecular weight is 248 g/mol. The SMILES string of the molecule is COc1cccc(-c2ccc(CN)cc2Cl)c1. The molecule has 0 saturated heterocycles. The van der Waals surface area contributed by atoms with E-state index in [-0.39, 0.29) is 0 Å². The first-order valence-corrected chi connectivity index (χ1v) is 5.75. The second kappa shape index (κ2) is 5.21. The number of rotatable bonds is 3. The van der Waals surface area contributed by atoms with Gasteiger partial charge in [-0.15, -0.1) is 0 Å². The highest BCUT2D eigenvalue weighted by atomic mass is 35.5. The molecule has 0 aliphatic carbocycles. The minimum absolute atomic E-state index is 0.498. The quantitative estimate of drug-likeness (QED) is 0.901. The van der Waals surface area contributed by atoms with Crippen molar-refractivity contribution in [3.8, 4) is 16.9 Å². The lowest BCUT2D eigenvalue weighted by atomic mass is 10.0. The van der Waals surface area contributed by atoms with Crippen molar-refractivity contribution in [2.75, 3.05) is 7.11 Å². The molecule has 0 spiro atoms. The molecule has 2 nitrogen and oxygen atoms in total. The number of halogens is 1. The van der Waals surface area contributed by atoms with Gasteiger partial charge < -0.3 is 10.5 Å². The molecule has 17 heavy (non-hydrogen) atoms. The summed E-state index contributed by atoms with van der Waals surface area (Å²) >= 11 is 6.24. The first-order valence-electron chi connectivity index (χ1n) is 5.37. The third kappa shape index (κ3) is 2.60. The van der Waals surface area contributed by atoms with Crippen molar-refractivity contribution in [2.45, 2.75) is 6.54 Å². The Morgan fingerprint density at radius 2 is 2.00 bits per heavy atom. The smallest absolute Gasteiger partial charge is 0.119 e. The van der Waals surface area contributed by atoms with Gasteiger partial charge in [-0.1, -0.05) is 35.9 Å². The molecular formula is C14H14ClNO. The Morgan fingerprint density at radius 3 is 2.65 bits per heavy atom. The standard InChI is InChI=1S/C14H14ClNO/c1-17-12-4-2-3-11(8-12)13-6-5-10(9-16)7-14(13)15/h2-8H,9,16H2,1H3. The largest absolute Gasteiger partial charge is 0.497 e. The first kappa shape index (κ1) is 12.0. The molecule has 0 aliphatic rings. The summed E-state index contributed by atoms with van der Waals surface area (Å²) in [4.78, 5) is 0. The Hall–Kier alpha value is -1.51. The lowest BCUT2D eigenvalue weighted by Crippen LogP contribution is -1.96. The van der Waals surface area contributed by atoms with Gasteiger partial charge in [-0.05, 0) is 29.3 Å². The summed E-state index contributed by atoms with van der Waals surface area (Å²) in [5.41, 5.74) is 8.63. The number of nitrogens with two attached hydrogens (primary N) is 1. The third-order valence-corrected chi connectivity index (χ3v) is 2.96. The van der Waals surface area contributed by atoms with Crippen LogP contribution in [0.4, 0.5) is 0 Å². The zero-order chi connectivity index (χ0) is 12.3. The lowest BCUT2D eigenvalue weighted by molar-refractivity contribution is 0.415. The summed E-state index contributed by atoms with van der Waals surface area (Å²) in [6, 6.07) is 13.7. The van der Waals surface area contributed by atoms with Crippen LogP contribution in [0.15, 0.2) is 42.5 Å². The van der Waals surface area contributed by atoms with Crippen molar-refractivity contribution >= 4 is 11.6 Å². The van der Waals surface area contributed by atoms with Crippen molar-refractivity contribution in [1.82, 2.24) is 0 Å². The molecule has 2 rings (SSSR count). The number of hydrogen-bond acceptors (Lipinski definition) is 2. The maximum absolute atomic E-state index is 6.24. The van der Waals surface area contributed by atoms with Gasteiger partial charge in [0.25, 0.3) is 0 Å². The van der Waals surface area contributed by atoms with E-state index in [0.29, 0.717) is 11.6 Å².